The zero-order valence-corrected chi connectivity index (χ0v) is 68.1. The molecule has 22 atom stereocenters. The van der Waals surface area contributed by atoms with E-state index in [2.05, 4.69) is 40.1 Å². The van der Waals surface area contributed by atoms with Crippen LogP contribution in [0.25, 0.3) is 41.8 Å². The van der Waals surface area contributed by atoms with E-state index in [9.17, 15) is 38.1 Å². The Kier molecular flexibility index (Phi) is 41.5. The summed E-state index contributed by atoms with van der Waals surface area (Å²) in [5.41, 5.74) is 38.8. The summed E-state index contributed by atoms with van der Waals surface area (Å²) in [6.07, 6.45) is 2.16. The third kappa shape index (κ3) is 32.3. The zero-order valence-electron chi connectivity index (χ0n) is 67.3. The van der Waals surface area contributed by atoms with E-state index in [1.165, 1.54) is 24.7 Å². The maximum atomic E-state index is 12.4. The van der Waals surface area contributed by atoms with Gasteiger partial charge in [0, 0.05) is 19.6 Å². The monoisotopic (exact) mass is 1690 g/mol. The number of carbonyl (C=O) groups is 3. The number of rotatable bonds is 27. The molecule has 6 aromatic carbocycles. The number of esters is 3. The van der Waals surface area contributed by atoms with Gasteiger partial charge < -0.3 is 87.5 Å². The Morgan fingerprint density at radius 1 is 0.413 bits per heavy atom. The van der Waals surface area contributed by atoms with E-state index in [4.69, 9.17) is 98.5 Å². The molecule has 6 N–H and O–H groups in total. The van der Waals surface area contributed by atoms with Crippen LogP contribution < -0.4 is 0 Å². The molecule has 6 aliphatic heterocycles. The van der Waals surface area contributed by atoms with Crippen molar-refractivity contribution in [3.63, 3.8) is 0 Å². The lowest BCUT2D eigenvalue weighted by molar-refractivity contribution is -0.246. The van der Waals surface area contributed by atoms with Crippen LogP contribution in [-0.4, -0.2) is 213 Å². The summed E-state index contributed by atoms with van der Waals surface area (Å²) in [6, 6.07) is 53.1. The summed E-state index contributed by atoms with van der Waals surface area (Å²) in [4.78, 5) is 47.8. The van der Waals surface area contributed by atoms with E-state index < -0.39 is 113 Å². The van der Waals surface area contributed by atoms with Crippen LogP contribution in [-0.2, 0) is 91.0 Å². The van der Waals surface area contributed by atoms with E-state index in [1.807, 2.05) is 137 Å². The first-order chi connectivity index (χ1) is 58.4. The number of nitrogens with zero attached hydrogens (tertiary/aromatic N) is 12. The first-order valence-corrected chi connectivity index (χ1v) is 40.4. The van der Waals surface area contributed by atoms with Gasteiger partial charge in [-0.1, -0.05) is 194 Å². The first-order valence-electron chi connectivity index (χ1n) is 38.6. The molecule has 0 aromatic heterocycles. The summed E-state index contributed by atoms with van der Waals surface area (Å²) in [6.45, 7) is 11.1. The van der Waals surface area contributed by atoms with E-state index >= 15 is 0 Å². The van der Waals surface area contributed by atoms with Crippen molar-refractivity contribution in [3.05, 3.63) is 306 Å². The summed E-state index contributed by atoms with van der Waals surface area (Å²) in [7, 11) is -3.93. The van der Waals surface area contributed by atoms with Crippen LogP contribution >= 0.6 is 0 Å². The van der Waals surface area contributed by atoms with Crippen molar-refractivity contribution in [1.82, 2.24) is 0 Å². The molecule has 37 heteroatoms. The molecule has 12 rings (SSSR count). The highest BCUT2D eigenvalue weighted by molar-refractivity contribution is 7.86. The maximum absolute atomic E-state index is 12.4. The molecule has 0 amide bonds. The highest BCUT2D eigenvalue weighted by Crippen LogP contribution is 2.32. The van der Waals surface area contributed by atoms with Gasteiger partial charge in [0.2, 0.25) is 0 Å². The first kappa shape index (κ1) is 96.7. The van der Waals surface area contributed by atoms with E-state index in [0.29, 0.717) is 49.7 Å². The molecule has 6 aromatic rings. The Morgan fingerprint density at radius 3 is 1.17 bits per heavy atom. The second-order valence-electron chi connectivity index (χ2n) is 28.3. The van der Waals surface area contributed by atoms with Crippen molar-refractivity contribution in [3.8, 4) is 0 Å². The largest absolute Gasteiger partial charge is 0.495 e. The average Bonchev–Trinajstić information content (AvgIpc) is 0.829. The lowest BCUT2D eigenvalue weighted by atomic mass is 9.86. The van der Waals surface area contributed by atoms with Crippen molar-refractivity contribution >= 4 is 28.0 Å². The zero-order chi connectivity index (χ0) is 87.5. The molecule has 0 aliphatic carbocycles. The number of ether oxygens (including phenoxy) is 12. The minimum Gasteiger partial charge on any atom is -0.495 e. The Labute approximate surface area is 700 Å². The van der Waals surface area contributed by atoms with Gasteiger partial charge in [0.05, 0.1) is 143 Å². The molecule has 0 radical (unpaired) electrons. The SMILES string of the molecule is CC1C(O)[C@H](C)OC(COCc2ccccc2)[C@@H]1N=[N+]=[N-].CC1C(O)[C@H](O)OC(COCc2ccccc2)[C@@H]1N=[N+]=[N-].CC1C=COC(COC(=O)c2ccccc2)[C@@H]1N=[N+]=[N-].CC1C=COC(COCc2ccccc2)[C@@H]1N=[N+]=[N-].CS(=O)(=O)O[C@H]1C(OC(=O)c2ccccc2)C=COC1COC(=O)c1ccccc1.OCC1OC=CC(O)[C@@H]1O. The van der Waals surface area contributed by atoms with Crippen molar-refractivity contribution in [2.24, 2.45) is 44.1 Å². The van der Waals surface area contributed by atoms with Crippen LogP contribution in [0.15, 0.2) is 252 Å². The molecule has 36 nitrogen and oxygen atoms in total. The summed E-state index contributed by atoms with van der Waals surface area (Å²) in [5.74, 6) is -2.05. The molecule has 14 unspecified atom stereocenters. The highest BCUT2D eigenvalue weighted by atomic mass is 32.2. The lowest BCUT2D eigenvalue weighted by Crippen LogP contribution is -2.53. The fourth-order valence-electron chi connectivity index (χ4n) is 12.6. The Balaban J connectivity index is 0.000000204. The van der Waals surface area contributed by atoms with E-state index in [0.717, 1.165) is 22.9 Å². The molecule has 6 heterocycles. The molecule has 6 aliphatic rings. The molecular formula is C84H102N12O24S. The molecule has 2 fully saturated rings. The quantitative estimate of drug-likeness (QED) is 0.00696. The molecule has 0 bridgehead atoms. The summed E-state index contributed by atoms with van der Waals surface area (Å²) >= 11 is 0. The minimum atomic E-state index is -3.93. The predicted molar refractivity (Wildman–Crippen MR) is 438 cm³/mol. The van der Waals surface area contributed by atoms with Crippen LogP contribution in [0.3, 0.4) is 0 Å². The molecule has 0 spiro atoms. The molecule has 0 saturated carbocycles. The minimum absolute atomic E-state index is 0.0417. The number of aliphatic hydroxyl groups excluding tert-OH is 6. The topological polar surface area (TPSA) is 522 Å². The number of azide groups is 4. The standard InChI is InChI=1S/C21H20O8S.C15H21N3O3.C14H19N3O4.C14H15N3O3.C14H17N3O2.C6H10O4/c1-30(24,25)29-19-17(28-21(23)16-10-6-3-7-11-16)12-13-26-18(19)14-27-20(22)15-8-4-2-5-9-15;1-10-14(17-18-16)13(21-11(2)15(10)19)9-20-8-12-6-4-3-5-7-12;1-9-12(16-17-15)11(21-14(19)13(9)18)8-20-7-10-5-3-2-4-6-10;1-10-7-8-19-12(13(10)16-17-15)9-20-14(18)11-5-3-2-4-6-11;1-11-7-8-19-13(14(11)16-17-15)10-18-9-12-5-3-2-4-6-12;7-3-5-6(9)4(8)1-2-10-5/h2-13,17-19H,14H2,1H3;3-7,10-11,13-15,19H,8-9H2,1-2H3;2-6,9,11-14,18-19H,7-8H2,1H3;2-8,10,12-13H,9H2,1H3;2-8,11,13-14H,9-10H2,1H3;1-2,4-9H,3H2/t17?,18?,19-;10?,11-,13?,14+,15?;9?,11?,12-,13?,14-;10?,12?,13-;11?,13?,14-;4?,5?,6-/m001110/s1. The van der Waals surface area contributed by atoms with Crippen LogP contribution in [0, 0.1) is 23.7 Å². The van der Waals surface area contributed by atoms with Crippen LogP contribution in [0.4, 0.5) is 0 Å². The predicted octanol–water partition coefficient (Wildman–Crippen LogP) is 11.7. The normalized spacial score (nSPS) is 27.7. The Hall–Kier alpha value is -11.4. The van der Waals surface area contributed by atoms with Crippen LogP contribution in [0.2, 0.25) is 0 Å². The Morgan fingerprint density at radius 2 is 0.760 bits per heavy atom. The number of hydrogen-bond acceptors (Lipinski definition) is 28. The summed E-state index contributed by atoms with van der Waals surface area (Å²) < 4.78 is 93.4. The highest BCUT2D eigenvalue weighted by Gasteiger charge is 2.44. The van der Waals surface area contributed by atoms with E-state index in [1.54, 1.807) is 104 Å². The Bertz CT molecular complexity index is 4450. The van der Waals surface area contributed by atoms with Crippen molar-refractivity contribution in [2.45, 2.75) is 164 Å². The van der Waals surface area contributed by atoms with Gasteiger partial charge in [0.15, 0.2) is 24.6 Å². The second kappa shape index (κ2) is 51.9. The van der Waals surface area contributed by atoms with Gasteiger partial charge in [-0.05, 0) is 130 Å². The van der Waals surface area contributed by atoms with Crippen LogP contribution in [0.5, 0.6) is 0 Å². The number of aliphatic hydroxyl groups is 6. The molecule has 648 valence electrons. The third-order valence-electron chi connectivity index (χ3n) is 19.4. The van der Waals surface area contributed by atoms with Gasteiger partial charge in [0.25, 0.3) is 10.1 Å². The van der Waals surface area contributed by atoms with Crippen molar-refractivity contribution < 1.29 is 114 Å². The van der Waals surface area contributed by atoms with Gasteiger partial charge >= 0.3 is 17.9 Å². The molecular weight excluding hydrogens is 1590 g/mol. The maximum Gasteiger partial charge on any atom is 0.338 e. The van der Waals surface area contributed by atoms with Gasteiger partial charge in [-0.15, -0.1) is 0 Å². The van der Waals surface area contributed by atoms with Crippen LogP contribution in [0.1, 0.15) is 82.4 Å². The van der Waals surface area contributed by atoms with Gasteiger partial charge in [-0.2, -0.15) is 8.42 Å². The van der Waals surface area contributed by atoms with Crippen molar-refractivity contribution in [2.75, 3.05) is 45.9 Å². The smallest absolute Gasteiger partial charge is 0.338 e. The fraction of sp³-hybridized carbons (Fsp3) is 0.440. The van der Waals surface area contributed by atoms with Crippen molar-refractivity contribution in [1.29, 1.82) is 0 Å². The van der Waals surface area contributed by atoms with Gasteiger partial charge in [0.1, 0.15) is 49.8 Å². The summed E-state index contributed by atoms with van der Waals surface area (Å²) in [5, 5.41) is 70.9. The number of hydrogen-bond donors (Lipinski definition) is 6. The molecule has 2 saturated heterocycles. The number of carbonyl (C=O) groups excluding carboxylic acids is 3. The average molecular weight is 1700 g/mol. The van der Waals surface area contributed by atoms with Gasteiger partial charge in [-0.3, -0.25) is 4.18 Å². The molecule has 121 heavy (non-hydrogen) atoms. The number of benzene rings is 6. The third-order valence-corrected chi connectivity index (χ3v) is 20.0. The lowest BCUT2D eigenvalue weighted by Gasteiger charge is -2.40. The van der Waals surface area contributed by atoms with Gasteiger partial charge in [-0.25, -0.2) is 14.4 Å². The van der Waals surface area contributed by atoms with E-state index in [-0.39, 0.29) is 74.6 Å². The fourth-order valence-corrected chi connectivity index (χ4v) is 13.3. The second-order valence-corrected chi connectivity index (χ2v) is 29.9.